The zero-order valence-electron chi connectivity index (χ0n) is 11.1. The van der Waals surface area contributed by atoms with Crippen molar-refractivity contribution < 1.29 is 14.4 Å². The zero-order chi connectivity index (χ0) is 14.8. The van der Waals surface area contributed by atoms with Gasteiger partial charge in [0.1, 0.15) is 6.04 Å². The van der Waals surface area contributed by atoms with Crippen LogP contribution < -0.4 is 5.73 Å². The van der Waals surface area contributed by atoms with E-state index in [0.717, 1.165) is 4.88 Å². The molecule has 0 spiro atoms. The standard InChI is InChI=1S/C12H15N3O3S2/c1-12(2,9(13)11(16)17)20-6-8-14-10(18-15-8)7-4-3-5-19-7/h3-5,9H,6,13H2,1-2H3,(H,16,17)/t9-/m0/s1. The Morgan fingerprint density at radius 1 is 1.65 bits per heavy atom. The Kier molecular flexibility index (Phi) is 4.46. The van der Waals surface area contributed by atoms with Gasteiger partial charge in [-0.25, -0.2) is 0 Å². The molecule has 0 saturated carbocycles. The van der Waals surface area contributed by atoms with Crippen LogP contribution in [0.2, 0.25) is 0 Å². The second-order valence-corrected chi connectivity index (χ2v) is 7.28. The lowest BCUT2D eigenvalue weighted by Gasteiger charge is -2.27. The Hall–Kier alpha value is -1.38. The van der Waals surface area contributed by atoms with Crippen LogP contribution in [-0.4, -0.2) is 32.0 Å². The Bertz CT molecular complexity index is 581. The van der Waals surface area contributed by atoms with E-state index in [1.165, 1.54) is 23.1 Å². The first-order valence-electron chi connectivity index (χ1n) is 5.89. The molecule has 0 bridgehead atoms. The van der Waals surface area contributed by atoms with Crippen molar-refractivity contribution in [3.05, 3.63) is 23.3 Å². The molecule has 2 heterocycles. The highest BCUT2D eigenvalue weighted by Crippen LogP contribution is 2.31. The fourth-order valence-electron chi connectivity index (χ4n) is 1.45. The molecular weight excluding hydrogens is 298 g/mol. The minimum Gasteiger partial charge on any atom is -0.480 e. The summed E-state index contributed by atoms with van der Waals surface area (Å²) in [6.45, 7) is 3.58. The van der Waals surface area contributed by atoms with Crippen LogP contribution in [0.5, 0.6) is 0 Å². The highest BCUT2D eigenvalue weighted by molar-refractivity contribution is 7.99. The molecule has 0 saturated heterocycles. The second kappa shape index (κ2) is 5.94. The third-order valence-corrected chi connectivity index (χ3v) is 5.05. The molecule has 0 aliphatic carbocycles. The number of aliphatic carboxylic acids is 1. The molecular formula is C12H15N3O3S2. The monoisotopic (exact) mass is 313 g/mol. The average Bonchev–Trinajstić information content (AvgIpc) is 3.05. The predicted molar refractivity (Wildman–Crippen MR) is 78.6 cm³/mol. The van der Waals surface area contributed by atoms with Crippen molar-refractivity contribution in [3.8, 4) is 10.8 Å². The minimum atomic E-state index is -1.02. The number of aromatic nitrogens is 2. The quantitative estimate of drug-likeness (QED) is 0.843. The second-order valence-electron chi connectivity index (χ2n) is 4.70. The summed E-state index contributed by atoms with van der Waals surface area (Å²) in [5.41, 5.74) is 5.66. The van der Waals surface area contributed by atoms with Crippen LogP contribution in [-0.2, 0) is 10.5 Å². The van der Waals surface area contributed by atoms with Gasteiger partial charge in [-0.05, 0) is 25.3 Å². The molecule has 3 N–H and O–H groups in total. The summed E-state index contributed by atoms with van der Waals surface area (Å²) < 4.78 is 4.56. The summed E-state index contributed by atoms with van der Waals surface area (Å²) in [7, 11) is 0. The van der Waals surface area contributed by atoms with Gasteiger partial charge in [0.2, 0.25) is 0 Å². The van der Waals surface area contributed by atoms with Crippen molar-refractivity contribution in [2.45, 2.75) is 30.4 Å². The SMILES string of the molecule is CC(C)(SCc1noc(-c2cccs2)n1)[C@@H](N)C(=O)O. The molecule has 0 aliphatic rings. The topological polar surface area (TPSA) is 102 Å². The highest BCUT2D eigenvalue weighted by Gasteiger charge is 2.33. The van der Waals surface area contributed by atoms with Gasteiger partial charge < -0.3 is 15.4 Å². The average molecular weight is 313 g/mol. The summed E-state index contributed by atoms with van der Waals surface area (Å²) in [4.78, 5) is 16.1. The van der Waals surface area contributed by atoms with Gasteiger partial charge in [-0.2, -0.15) is 4.98 Å². The number of carboxylic acids is 1. The van der Waals surface area contributed by atoms with E-state index < -0.39 is 16.8 Å². The first-order valence-corrected chi connectivity index (χ1v) is 7.75. The van der Waals surface area contributed by atoms with Gasteiger partial charge in [-0.3, -0.25) is 4.79 Å². The van der Waals surface area contributed by atoms with Gasteiger partial charge in [0, 0.05) is 4.75 Å². The Morgan fingerprint density at radius 2 is 2.40 bits per heavy atom. The first kappa shape index (κ1) is 15.0. The number of thioether (sulfide) groups is 1. The Labute approximate surface area is 124 Å². The molecule has 2 rings (SSSR count). The summed E-state index contributed by atoms with van der Waals surface area (Å²) in [6, 6.07) is 2.86. The number of carbonyl (C=O) groups is 1. The lowest BCUT2D eigenvalue weighted by Crippen LogP contribution is -2.46. The van der Waals surface area contributed by atoms with E-state index in [4.69, 9.17) is 15.4 Å². The van der Waals surface area contributed by atoms with Crippen LogP contribution in [0.1, 0.15) is 19.7 Å². The smallest absolute Gasteiger partial charge is 0.321 e. The highest BCUT2D eigenvalue weighted by atomic mass is 32.2. The number of rotatable bonds is 6. The number of carboxylic acid groups (broad SMARTS) is 1. The van der Waals surface area contributed by atoms with E-state index >= 15 is 0 Å². The zero-order valence-corrected chi connectivity index (χ0v) is 12.7. The minimum absolute atomic E-state index is 0.447. The maximum atomic E-state index is 10.9. The van der Waals surface area contributed by atoms with Gasteiger partial charge in [-0.1, -0.05) is 11.2 Å². The van der Waals surface area contributed by atoms with Gasteiger partial charge in [-0.15, -0.1) is 23.1 Å². The maximum Gasteiger partial charge on any atom is 0.321 e. The lowest BCUT2D eigenvalue weighted by atomic mass is 10.1. The fourth-order valence-corrected chi connectivity index (χ4v) is 2.99. The van der Waals surface area contributed by atoms with Crippen LogP contribution in [0.15, 0.2) is 22.0 Å². The van der Waals surface area contributed by atoms with Gasteiger partial charge in [0.05, 0.1) is 10.6 Å². The third-order valence-electron chi connectivity index (χ3n) is 2.79. The summed E-state index contributed by atoms with van der Waals surface area (Å²) in [5.74, 6) is 0.443. The van der Waals surface area contributed by atoms with E-state index in [1.54, 1.807) is 13.8 Å². The largest absolute Gasteiger partial charge is 0.480 e. The van der Waals surface area contributed by atoms with Crippen LogP contribution in [0.25, 0.3) is 10.8 Å². The van der Waals surface area contributed by atoms with Crippen molar-refractivity contribution >= 4 is 29.1 Å². The number of nitrogens with zero attached hydrogens (tertiary/aromatic N) is 2. The van der Waals surface area contributed by atoms with Gasteiger partial charge in [0.15, 0.2) is 5.82 Å². The van der Waals surface area contributed by atoms with Crippen LogP contribution in [0.3, 0.4) is 0 Å². The molecule has 2 aromatic heterocycles. The Morgan fingerprint density at radius 3 is 3.00 bits per heavy atom. The molecule has 6 nitrogen and oxygen atoms in total. The van der Waals surface area contributed by atoms with Crippen molar-refractivity contribution in [1.29, 1.82) is 0 Å². The number of nitrogens with two attached hydrogens (primary N) is 1. The van der Waals surface area contributed by atoms with Gasteiger partial charge >= 0.3 is 5.97 Å². The third kappa shape index (κ3) is 3.38. The molecule has 0 unspecified atom stereocenters. The number of hydrogen-bond acceptors (Lipinski definition) is 7. The molecule has 0 fully saturated rings. The first-order chi connectivity index (χ1) is 9.40. The van der Waals surface area contributed by atoms with Crippen LogP contribution in [0, 0.1) is 0 Å². The summed E-state index contributed by atoms with van der Waals surface area (Å²) in [6.07, 6.45) is 0. The molecule has 0 amide bonds. The lowest BCUT2D eigenvalue weighted by molar-refractivity contribution is -0.139. The molecule has 8 heteroatoms. The Balaban J connectivity index is 2.00. The van der Waals surface area contributed by atoms with E-state index in [0.29, 0.717) is 17.5 Å². The number of thiophene rings is 1. The molecule has 20 heavy (non-hydrogen) atoms. The van der Waals surface area contributed by atoms with Crippen molar-refractivity contribution in [2.75, 3.05) is 0 Å². The molecule has 1 atom stereocenters. The number of hydrogen-bond donors (Lipinski definition) is 2. The molecule has 0 aromatic carbocycles. The van der Waals surface area contributed by atoms with E-state index in [1.807, 2.05) is 17.5 Å². The molecule has 0 aliphatic heterocycles. The fraction of sp³-hybridized carbons (Fsp3) is 0.417. The summed E-state index contributed by atoms with van der Waals surface area (Å²) in [5, 5.41) is 14.8. The van der Waals surface area contributed by atoms with Crippen molar-refractivity contribution in [3.63, 3.8) is 0 Å². The summed E-state index contributed by atoms with van der Waals surface area (Å²) >= 11 is 2.91. The van der Waals surface area contributed by atoms with E-state index in [2.05, 4.69) is 10.1 Å². The predicted octanol–water partition coefficient (Wildman–Crippen LogP) is 2.22. The molecule has 108 valence electrons. The van der Waals surface area contributed by atoms with Crippen LogP contribution in [0.4, 0.5) is 0 Å². The van der Waals surface area contributed by atoms with Gasteiger partial charge in [0.25, 0.3) is 5.89 Å². The van der Waals surface area contributed by atoms with E-state index in [-0.39, 0.29) is 0 Å². The molecule has 0 radical (unpaired) electrons. The maximum absolute atomic E-state index is 10.9. The van der Waals surface area contributed by atoms with Crippen molar-refractivity contribution in [2.24, 2.45) is 5.73 Å². The molecule has 2 aromatic rings. The van der Waals surface area contributed by atoms with E-state index in [9.17, 15) is 4.79 Å². The van der Waals surface area contributed by atoms with Crippen molar-refractivity contribution in [1.82, 2.24) is 10.1 Å². The van der Waals surface area contributed by atoms with Crippen LogP contribution >= 0.6 is 23.1 Å². The normalized spacial score (nSPS) is 13.3.